The summed E-state index contributed by atoms with van der Waals surface area (Å²) < 4.78 is 1.16. The van der Waals surface area contributed by atoms with Crippen LogP contribution in [-0.4, -0.2) is 32.6 Å². The highest BCUT2D eigenvalue weighted by molar-refractivity contribution is 5.84. The Bertz CT molecular complexity index is 767. The van der Waals surface area contributed by atoms with Crippen LogP contribution in [0.4, 0.5) is 0 Å². The third-order valence-electron chi connectivity index (χ3n) is 3.29. The number of rotatable bonds is 5. The summed E-state index contributed by atoms with van der Waals surface area (Å²) in [6, 6.07) is 5.84. The standard InChI is InChI=1S/C15H17N3O4/c1-9(2)13(15(21)22)17-12(19)7-18-8-16-11-6-4-3-5-10(11)14(18)20/h3-6,8-9,13H,7H2,1-2H3,(H,17,19)(H,21,22)/t13-/m0/s1. The van der Waals surface area contributed by atoms with Gasteiger partial charge in [-0.2, -0.15) is 0 Å². The van der Waals surface area contributed by atoms with Gasteiger partial charge in [-0.1, -0.05) is 26.0 Å². The van der Waals surface area contributed by atoms with Crippen LogP contribution in [0.15, 0.2) is 35.4 Å². The molecule has 22 heavy (non-hydrogen) atoms. The predicted octanol–water partition coefficient (Wildman–Crippen LogP) is 0.622. The first-order valence-corrected chi connectivity index (χ1v) is 6.86. The van der Waals surface area contributed by atoms with Crippen LogP contribution in [0.1, 0.15) is 13.8 Å². The number of carbonyl (C=O) groups excluding carboxylic acids is 1. The first-order chi connectivity index (χ1) is 10.4. The number of para-hydroxylation sites is 1. The molecule has 2 rings (SSSR count). The van der Waals surface area contributed by atoms with Gasteiger partial charge in [0, 0.05) is 0 Å². The smallest absolute Gasteiger partial charge is 0.326 e. The molecule has 0 fully saturated rings. The zero-order valence-corrected chi connectivity index (χ0v) is 12.3. The molecule has 1 atom stereocenters. The van der Waals surface area contributed by atoms with Gasteiger partial charge in [0.2, 0.25) is 5.91 Å². The Morgan fingerprint density at radius 1 is 1.32 bits per heavy atom. The van der Waals surface area contributed by atoms with Gasteiger partial charge >= 0.3 is 5.97 Å². The SMILES string of the molecule is CC(C)[C@H](NC(=O)Cn1cnc2ccccc2c1=O)C(=O)O. The number of benzene rings is 1. The zero-order chi connectivity index (χ0) is 16.3. The van der Waals surface area contributed by atoms with Crippen LogP contribution < -0.4 is 10.9 Å². The van der Waals surface area contributed by atoms with E-state index >= 15 is 0 Å². The Morgan fingerprint density at radius 3 is 2.64 bits per heavy atom. The Labute approximate surface area is 126 Å². The lowest BCUT2D eigenvalue weighted by molar-refractivity contribution is -0.143. The molecule has 0 aliphatic carbocycles. The minimum absolute atomic E-state index is 0.257. The molecule has 0 aliphatic rings. The fraction of sp³-hybridized carbons (Fsp3) is 0.333. The van der Waals surface area contributed by atoms with Gasteiger partial charge in [0.05, 0.1) is 17.2 Å². The molecule has 1 amide bonds. The lowest BCUT2D eigenvalue weighted by Crippen LogP contribution is -2.46. The van der Waals surface area contributed by atoms with Crippen LogP contribution in [0.25, 0.3) is 10.9 Å². The Morgan fingerprint density at radius 2 is 2.00 bits per heavy atom. The van der Waals surface area contributed by atoms with Crippen molar-refractivity contribution < 1.29 is 14.7 Å². The molecule has 0 spiro atoms. The van der Waals surface area contributed by atoms with Gasteiger partial charge in [-0.25, -0.2) is 9.78 Å². The summed E-state index contributed by atoms with van der Waals surface area (Å²) in [5, 5.41) is 11.9. The van der Waals surface area contributed by atoms with Gasteiger partial charge in [0.15, 0.2) is 0 Å². The van der Waals surface area contributed by atoms with E-state index in [9.17, 15) is 14.4 Å². The lowest BCUT2D eigenvalue weighted by Gasteiger charge is -2.18. The van der Waals surface area contributed by atoms with Gasteiger partial charge in [-0.3, -0.25) is 14.2 Å². The summed E-state index contributed by atoms with van der Waals surface area (Å²) in [6.45, 7) is 3.12. The normalized spacial score (nSPS) is 12.3. The van der Waals surface area contributed by atoms with Crippen LogP contribution >= 0.6 is 0 Å². The summed E-state index contributed by atoms with van der Waals surface area (Å²) in [4.78, 5) is 39.4. The number of amides is 1. The van der Waals surface area contributed by atoms with E-state index in [-0.39, 0.29) is 18.0 Å². The molecule has 2 N–H and O–H groups in total. The quantitative estimate of drug-likeness (QED) is 0.843. The molecule has 7 nitrogen and oxygen atoms in total. The molecular formula is C15H17N3O4. The number of hydrogen-bond donors (Lipinski definition) is 2. The summed E-state index contributed by atoms with van der Waals surface area (Å²) in [5.74, 6) is -1.90. The molecule has 0 unspecified atom stereocenters. The average molecular weight is 303 g/mol. The maximum Gasteiger partial charge on any atom is 0.326 e. The highest BCUT2D eigenvalue weighted by Gasteiger charge is 2.23. The molecule has 0 bridgehead atoms. The van der Waals surface area contributed by atoms with Gasteiger partial charge in [-0.15, -0.1) is 0 Å². The fourth-order valence-corrected chi connectivity index (χ4v) is 2.11. The zero-order valence-electron chi connectivity index (χ0n) is 12.3. The maximum absolute atomic E-state index is 12.2. The number of carbonyl (C=O) groups is 2. The number of hydrogen-bond acceptors (Lipinski definition) is 4. The van der Waals surface area contributed by atoms with E-state index in [2.05, 4.69) is 10.3 Å². The highest BCUT2D eigenvalue weighted by Crippen LogP contribution is 2.05. The summed E-state index contributed by atoms with van der Waals surface area (Å²) >= 11 is 0. The first-order valence-electron chi connectivity index (χ1n) is 6.86. The summed E-state index contributed by atoms with van der Waals surface area (Å²) in [7, 11) is 0. The van der Waals surface area contributed by atoms with Crippen molar-refractivity contribution >= 4 is 22.8 Å². The molecule has 0 radical (unpaired) electrons. The Hall–Kier alpha value is -2.70. The fourth-order valence-electron chi connectivity index (χ4n) is 2.11. The minimum Gasteiger partial charge on any atom is -0.480 e. The highest BCUT2D eigenvalue weighted by atomic mass is 16.4. The van der Waals surface area contributed by atoms with Gasteiger partial charge in [0.1, 0.15) is 12.6 Å². The molecular weight excluding hydrogens is 286 g/mol. The molecule has 7 heteroatoms. The van der Waals surface area contributed by atoms with Crippen molar-refractivity contribution in [1.29, 1.82) is 0 Å². The summed E-state index contributed by atoms with van der Waals surface area (Å²) in [6.07, 6.45) is 1.29. The van der Waals surface area contributed by atoms with E-state index in [0.717, 1.165) is 4.57 Å². The van der Waals surface area contributed by atoms with E-state index in [1.54, 1.807) is 38.1 Å². The Kier molecular flexibility index (Phi) is 4.55. The maximum atomic E-state index is 12.2. The molecule has 0 saturated heterocycles. The third-order valence-corrected chi connectivity index (χ3v) is 3.29. The first kappa shape index (κ1) is 15.7. The number of aliphatic carboxylic acids is 1. The van der Waals surface area contributed by atoms with E-state index in [0.29, 0.717) is 10.9 Å². The second-order valence-corrected chi connectivity index (χ2v) is 5.32. The predicted molar refractivity (Wildman–Crippen MR) is 80.4 cm³/mol. The second-order valence-electron chi connectivity index (χ2n) is 5.32. The number of nitrogens with zero attached hydrogens (tertiary/aromatic N) is 2. The van der Waals surface area contributed by atoms with Gasteiger partial charge in [-0.05, 0) is 18.1 Å². The molecule has 1 heterocycles. The van der Waals surface area contributed by atoms with Crippen LogP contribution in [0, 0.1) is 5.92 Å². The lowest BCUT2D eigenvalue weighted by atomic mass is 10.1. The van der Waals surface area contributed by atoms with Crippen LogP contribution in [0.3, 0.4) is 0 Å². The largest absolute Gasteiger partial charge is 0.480 e. The van der Waals surface area contributed by atoms with E-state index in [4.69, 9.17) is 5.11 Å². The number of nitrogens with one attached hydrogen (secondary N) is 1. The van der Waals surface area contributed by atoms with Crippen molar-refractivity contribution in [3.8, 4) is 0 Å². The van der Waals surface area contributed by atoms with Crippen LogP contribution in [-0.2, 0) is 16.1 Å². The van der Waals surface area contributed by atoms with E-state index < -0.39 is 17.9 Å². The molecule has 0 aliphatic heterocycles. The van der Waals surface area contributed by atoms with Crippen LogP contribution in [0.2, 0.25) is 0 Å². The van der Waals surface area contributed by atoms with Crippen molar-refractivity contribution in [2.45, 2.75) is 26.4 Å². The van der Waals surface area contributed by atoms with Crippen molar-refractivity contribution in [3.63, 3.8) is 0 Å². The number of fused-ring (bicyclic) bond motifs is 1. The molecule has 1 aromatic carbocycles. The van der Waals surface area contributed by atoms with Crippen molar-refractivity contribution in [2.24, 2.45) is 5.92 Å². The van der Waals surface area contributed by atoms with Crippen molar-refractivity contribution in [3.05, 3.63) is 40.9 Å². The molecule has 1 aromatic heterocycles. The second kappa shape index (κ2) is 6.38. The van der Waals surface area contributed by atoms with Gasteiger partial charge in [0.25, 0.3) is 5.56 Å². The molecule has 116 valence electrons. The van der Waals surface area contributed by atoms with E-state index in [1.165, 1.54) is 6.33 Å². The minimum atomic E-state index is -1.10. The van der Waals surface area contributed by atoms with Crippen molar-refractivity contribution in [2.75, 3.05) is 0 Å². The number of carboxylic acid groups (broad SMARTS) is 1. The monoisotopic (exact) mass is 303 g/mol. The molecule has 2 aromatic rings. The number of carboxylic acids is 1. The third kappa shape index (κ3) is 3.30. The van der Waals surface area contributed by atoms with Gasteiger partial charge < -0.3 is 10.4 Å². The average Bonchev–Trinajstić information content (AvgIpc) is 2.47. The summed E-state index contributed by atoms with van der Waals surface area (Å²) in [5.41, 5.74) is 0.215. The van der Waals surface area contributed by atoms with E-state index in [1.807, 2.05) is 0 Å². The molecule has 0 saturated carbocycles. The number of aromatic nitrogens is 2. The Balaban J connectivity index is 2.20. The van der Waals surface area contributed by atoms with Crippen molar-refractivity contribution in [1.82, 2.24) is 14.9 Å². The topological polar surface area (TPSA) is 101 Å². The van der Waals surface area contributed by atoms with Crippen LogP contribution in [0.5, 0.6) is 0 Å².